The van der Waals surface area contributed by atoms with E-state index in [1.54, 1.807) is 39.2 Å². The van der Waals surface area contributed by atoms with Gasteiger partial charge >= 0.3 is 0 Å². The Bertz CT molecular complexity index is 972. The number of amides is 2. The highest BCUT2D eigenvalue weighted by Crippen LogP contribution is 2.27. The van der Waals surface area contributed by atoms with Crippen molar-refractivity contribution in [2.45, 2.75) is 64.8 Å². The lowest BCUT2D eigenvalue weighted by Gasteiger charge is -2.35. The number of hydrogen-bond acceptors (Lipinski definition) is 7. The normalized spacial score (nSPS) is 19.4. The molecular formula is C23H34N4O5. The summed E-state index contributed by atoms with van der Waals surface area (Å²) in [6.07, 6.45) is 1.22. The van der Waals surface area contributed by atoms with Gasteiger partial charge in [-0.3, -0.25) is 9.59 Å². The number of oxazole rings is 1. The minimum Gasteiger partial charge on any atom is -0.497 e. The Balaban J connectivity index is 1.77. The van der Waals surface area contributed by atoms with Gasteiger partial charge in [-0.15, -0.1) is 0 Å². The molecule has 176 valence electrons. The first-order chi connectivity index (χ1) is 15.1. The zero-order chi connectivity index (χ0) is 23.6. The molecular weight excluding hydrogens is 412 g/mol. The molecule has 0 radical (unpaired) electrons. The van der Waals surface area contributed by atoms with Crippen molar-refractivity contribution in [1.29, 1.82) is 0 Å². The lowest BCUT2D eigenvalue weighted by molar-refractivity contribution is -0.145. The van der Waals surface area contributed by atoms with Crippen LogP contribution in [0.15, 0.2) is 22.6 Å². The van der Waals surface area contributed by atoms with Crippen LogP contribution in [0.3, 0.4) is 0 Å². The van der Waals surface area contributed by atoms with Crippen LogP contribution in [0, 0.1) is 11.8 Å². The average Bonchev–Trinajstić information content (AvgIpc) is 3.38. The number of carbonyl (C=O) groups excluding carboxylic acids is 2. The highest BCUT2D eigenvalue weighted by molar-refractivity contribution is 5.90. The molecule has 1 aromatic heterocycles. The number of ether oxygens (including phenoxy) is 1. The van der Waals surface area contributed by atoms with Gasteiger partial charge in [-0.25, -0.2) is 4.98 Å². The van der Waals surface area contributed by atoms with Crippen LogP contribution < -0.4 is 15.8 Å². The van der Waals surface area contributed by atoms with Crippen molar-refractivity contribution >= 4 is 22.9 Å². The number of nitrogens with one attached hydrogen (secondary N) is 1. The van der Waals surface area contributed by atoms with Gasteiger partial charge < -0.3 is 30.2 Å². The summed E-state index contributed by atoms with van der Waals surface area (Å²) in [6, 6.07) is 3.93. The zero-order valence-corrected chi connectivity index (χ0v) is 19.4. The van der Waals surface area contributed by atoms with Crippen LogP contribution in [0.4, 0.5) is 0 Å². The van der Waals surface area contributed by atoms with Gasteiger partial charge in [-0.2, -0.15) is 0 Å². The molecule has 1 aliphatic heterocycles. The van der Waals surface area contributed by atoms with Crippen LogP contribution in [0.1, 0.15) is 46.4 Å². The average molecular weight is 447 g/mol. The van der Waals surface area contributed by atoms with Gasteiger partial charge in [0.05, 0.1) is 19.6 Å². The fourth-order valence-corrected chi connectivity index (χ4v) is 3.86. The van der Waals surface area contributed by atoms with Crippen LogP contribution in [-0.4, -0.2) is 58.3 Å². The number of aliphatic hydroxyl groups is 1. The molecule has 2 amide bonds. The Kier molecular flexibility index (Phi) is 7.09. The van der Waals surface area contributed by atoms with E-state index in [4.69, 9.17) is 14.9 Å². The second kappa shape index (κ2) is 9.46. The second-order valence-electron chi connectivity index (χ2n) is 9.15. The SMILES string of the molecule is COc1ccc2oc(C[C@@](O)(NC(=O)[C@@H]3CCCN3C(=O)[C@@H](N)C(C)C)C(C)C)nc2c1. The number of carbonyl (C=O) groups is 2. The van der Waals surface area contributed by atoms with E-state index in [0.29, 0.717) is 42.1 Å². The molecule has 1 fully saturated rings. The van der Waals surface area contributed by atoms with E-state index in [0.717, 1.165) is 0 Å². The molecule has 3 rings (SSSR count). The Morgan fingerprint density at radius 2 is 2.09 bits per heavy atom. The monoisotopic (exact) mass is 446 g/mol. The Hall–Kier alpha value is -2.65. The summed E-state index contributed by atoms with van der Waals surface area (Å²) in [5.41, 5.74) is 5.60. The maximum Gasteiger partial charge on any atom is 0.245 e. The van der Waals surface area contributed by atoms with E-state index in [1.165, 1.54) is 4.90 Å². The summed E-state index contributed by atoms with van der Waals surface area (Å²) < 4.78 is 11.0. The molecule has 9 nitrogen and oxygen atoms in total. The molecule has 32 heavy (non-hydrogen) atoms. The van der Waals surface area contributed by atoms with Gasteiger partial charge in [-0.05, 0) is 30.9 Å². The smallest absolute Gasteiger partial charge is 0.245 e. The number of rotatable bonds is 8. The maximum absolute atomic E-state index is 13.1. The Morgan fingerprint density at radius 1 is 1.38 bits per heavy atom. The number of methoxy groups -OCH3 is 1. The Labute approximate surface area is 188 Å². The quantitative estimate of drug-likeness (QED) is 0.527. The van der Waals surface area contributed by atoms with E-state index in [1.807, 2.05) is 13.8 Å². The summed E-state index contributed by atoms with van der Waals surface area (Å²) >= 11 is 0. The highest BCUT2D eigenvalue weighted by Gasteiger charge is 2.41. The standard InChI is InChI=1S/C23H34N4O5/c1-13(2)20(24)22(29)27-10-6-7-17(27)21(28)26-23(30,14(3)4)12-19-25-16-11-15(31-5)8-9-18(16)32-19/h8-9,11,13-14,17,20,30H,6-7,10,12,24H2,1-5H3,(H,26,28)/t17-,20-,23-/m0/s1. The van der Waals surface area contributed by atoms with Crippen LogP contribution in [0.2, 0.25) is 0 Å². The van der Waals surface area contributed by atoms with Crippen LogP contribution in [0.5, 0.6) is 5.75 Å². The van der Waals surface area contributed by atoms with E-state index >= 15 is 0 Å². The molecule has 0 bridgehead atoms. The first-order valence-corrected chi connectivity index (χ1v) is 11.1. The molecule has 0 unspecified atom stereocenters. The van der Waals surface area contributed by atoms with Gasteiger partial charge in [0.1, 0.15) is 23.0 Å². The molecule has 2 heterocycles. The predicted octanol–water partition coefficient (Wildman–Crippen LogP) is 1.81. The fraction of sp³-hybridized carbons (Fsp3) is 0.609. The number of aromatic nitrogens is 1. The zero-order valence-electron chi connectivity index (χ0n) is 19.4. The largest absolute Gasteiger partial charge is 0.497 e. The third-order valence-corrected chi connectivity index (χ3v) is 6.20. The van der Waals surface area contributed by atoms with Crippen molar-refractivity contribution in [3.8, 4) is 5.75 Å². The lowest BCUT2D eigenvalue weighted by atomic mass is 9.95. The predicted molar refractivity (Wildman–Crippen MR) is 120 cm³/mol. The molecule has 1 aromatic carbocycles. The van der Waals surface area contributed by atoms with E-state index in [2.05, 4.69) is 10.3 Å². The number of nitrogens with zero attached hydrogens (tertiary/aromatic N) is 2. The molecule has 1 saturated heterocycles. The third kappa shape index (κ3) is 4.88. The summed E-state index contributed by atoms with van der Waals surface area (Å²) in [7, 11) is 1.57. The first-order valence-electron chi connectivity index (χ1n) is 11.1. The van der Waals surface area contributed by atoms with Crippen LogP contribution in [-0.2, 0) is 16.0 Å². The number of likely N-dealkylation sites (tertiary alicyclic amines) is 1. The lowest BCUT2D eigenvalue weighted by Crippen LogP contribution is -2.60. The minimum atomic E-state index is -1.60. The van der Waals surface area contributed by atoms with E-state index < -0.39 is 23.7 Å². The molecule has 0 saturated carbocycles. The molecule has 4 N–H and O–H groups in total. The minimum absolute atomic E-state index is 0.0143. The van der Waals surface area contributed by atoms with E-state index in [-0.39, 0.29) is 24.2 Å². The van der Waals surface area contributed by atoms with Gasteiger partial charge in [-0.1, -0.05) is 27.7 Å². The summed E-state index contributed by atoms with van der Waals surface area (Å²) in [6.45, 7) is 7.84. The molecule has 0 aliphatic carbocycles. The van der Waals surface area contributed by atoms with Gasteiger partial charge in [0, 0.05) is 18.5 Å². The fourth-order valence-electron chi connectivity index (χ4n) is 3.86. The molecule has 9 heteroatoms. The van der Waals surface area contributed by atoms with Crippen LogP contribution >= 0.6 is 0 Å². The van der Waals surface area contributed by atoms with Gasteiger partial charge in [0.15, 0.2) is 11.5 Å². The molecule has 1 aliphatic rings. The van der Waals surface area contributed by atoms with Crippen molar-refractivity contribution in [2.24, 2.45) is 17.6 Å². The second-order valence-corrected chi connectivity index (χ2v) is 9.15. The van der Waals surface area contributed by atoms with Crippen molar-refractivity contribution in [2.75, 3.05) is 13.7 Å². The molecule has 3 atom stereocenters. The summed E-state index contributed by atoms with van der Waals surface area (Å²) in [5.74, 6) is -0.0580. The number of hydrogen-bond donors (Lipinski definition) is 3. The maximum atomic E-state index is 13.1. The highest BCUT2D eigenvalue weighted by atomic mass is 16.5. The summed E-state index contributed by atoms with van der Waals surface area (Å²) in [5, 5.41) is 14.1. The van der Waals surface area contributed by atoms with Gasteiger partial charge in [0.2, 0.25) is 11.8 Å². The topological polar surface area (TPSA) is 131 Å². The van der Waals surface area contributed by atoms with Crippen LogP contribution in [0.25, 0.3) is 11.1 Å². The Morgan fingerprint density at radius 3 is 2.72 bits per heavy atom. The number of nitrogens with two attached hydrogens (primary N) is 1. The van der Waals surface area contributed by atoms with Gasteiger partial charge in [0.25, 0.3) is 0 Å². The number of benzene rings is 1. The summed E-state index contributed by atoms with van der Waals surface area (Å²) in [4.78, 5) is 31.9. The van der Waals surface area contributed by atoms with Crippen molar-refractivity contribution in [1.82, 2.24) is 15.2 Å². The molecule has 2 aromatic rings. The van der Waals surface area contributed by atoms with E-state index in [9.17, 15) is 14.7 Å². The first kappa shape index (κ1) is 24.0. The van der Waals surface area contributed by atoms with Crippen molar-refractivity contribution in [3.63, 3.8) is 0 Å². The third-order valence-electron chi connectivity index (χ3n) is 6.20. The van der Waals surface area contributed by atoms with Crippen molar-refractivity contribution in [3.05, 3.63) is 24.1 Å². The molecule has 0 spiro atoms. The van der Waals surface area contributed by atoms with Crippen molar-refractivity contribution < 1.29 is 23.8 Å². The number of fused-ring (bicyclic) bond motifs is 1.